The molecule has 1 aromatic carbocycles. The summed E-state index contributed by atoms with van der Waals surface area (Å²) in [5.74, 6) is 0.241. The van der Waals surface area contributed by atoms with E-state index in [4.69, 9.17) is 9.47 Å². The van der Waals surface area contributed by atoms with Gasteiger partial charge in [0.1, 0.15) is 5.75 Å². The average molecular weight is 380 g/mol. The molecule has 1 fully saturated rings. The second-order valence-electron chi connectivity index (χ2n) is 8.11. The smallest absolute Gasteiger partial charge is 0.205 e. The molecule has 0 unspecified atom stereocenters. The molecule has 1 saturated heterocycles. The van der Waals surface area contributed by atoms with Crippen LogP contribution in [0.3, 0.4) is 0 Å². The van der Waals surface area contributed by atoms with Crippen LogP contribution in [-0.2, 0) is 11.3 Å². The van der Waals surface area contributed by atoms with Crippen molar-refractivity contribution in [2.75, 3.05) is 38.1 Å². The molecule has 2 aliphatic rings. The Balaban J connectivity index is 1.51. The van der Waals surface area contributed by atoms with E-state index in [2.05, 4.69) is 58.2 Å². The second kappa shape index (κ2) is 7.57. The van der Waals surface area contributed by atoms with Crippen LogP contribution in [-0.4, -0.2) is 48.9 Å². The van der Waals surface area contributed by atoms with Crippen LogP contribution < -0.4 is 9.64 Å². The summed E-state index contributed by atoms with van der Waals surface area (Å²) < 4.78 is 11.8. The minimum Gasteiger partial charge on any atom is -0.461 e. The van der Waals surface area contributed by atoms with Gasteiger partial charge >= 0.3 is 0 Å². The van der Waals surface area contributed by atoms with Crippen LogP contribution in [0.25, 0.3) is 12.2 Å². The van der Waals surface area contributed by atoms with Crippen molar-refractivity contribution < 1.29 is 9.47 Å². The molecule has 0 radical (unpaired) electrons. The highest BCUT2D eigenvalue weighted by Gasteiger charge is 2.30. The molecule has 1 aromatic heterocycles. The van der Waals surface area contributed by atoms with E-state index in [0.717, 1.165) is 48.7 Å². The molecule has 148 valence electrons. The van der Waals surface area contributed by atoms with E-state index in [-0.39, 0.29) is 0 Å². The fraction of sp³-hybridized carbons (Fsp3) is 0.435. The molecule has 4 rings (SSSR count). The Morgan fingerprint density at radius 3 is 2.46 bits per heavy atom. The summed E-state index contributed by atoms with van der Waals surface area (Å²) in [5, 5.41) is 0. The van der Waals surface area contributed by atoms with Crippen LogP contribution in [0.5, 0.6) is 5.75 Å². The topological polar surface area (TPSA) is 37.8 Å². The minimum absolute atomic E-state index is 0.535. The first kappa shape index (κ1) is 19.0. The molecule has 28 heavy (non-hydrogen) atoms. The lowest BCUT2D eigenvalue weighted by Gasteiger charge is -2.34. The first-order valence-electron chi connectivity index (χ1n) is 9.94. The first-order valence-corrected chi connectivity index (χ1v) is 9.94. The van der Waals surface area contributed by atoms with E-state index in [1.807, 2.05) is 27.0 Å². The average Bonchev–Trinajstić information content (AvgIpc) is 2.68. The Labute approximate surface area is 167 Å². The third-order valence-electron chi connectivity index (χ3n) is 5.48. The maximum atomic E-state index is 6.01. The van der Waals surface area contributed by atoms with Crippen molar-refractivity contribution >= 4 is 17.8 Å². The molecule has 3 heterocycles. The van der Waals surface area contributed by atoms with Gasteiger partial charge in [-0.1, -0.05) is 24.3 Å². The van der Waals surface area contributed by atoms with Gasteiger partial charge in [-0.2, -0.15) is 0 Å². The van der Waals surface area contributed by atoms with Gasteiger partial charge in [0.05, 0.1) is 12.3 Å². The number of rotatable bonds is 3. The number of benzene rings is 1. The highest BCUT2D eigenvalue weighted by atomic mass is 16.7. The summed E-state index contributed by atoms with van der Waals surface area (Å²) in [6.07, 6.45) is 6.12. The largest absolute Gasteiger partial charge is 0.461 e. The Morgan fingerprint density at radius 2 is 1.75 bits per heavy atom. The first-order chi connectivity index (χ1) is 13.4. The molecule has 0 N–H and O–H groups in total. The molecule has 0 saturated carbocycles. The standard InChI is InChI=1S/C23H29N3O2/c1-17-22-21(16-27-23(2,3)28-22)19(15-24-17)8-5-18-6-9-20(10-7-18)26-13-11-25(4)12-14-26/h5-10,15H,11-14,16H2,1-4H3/b8-5+. The Hall–Kier alpha value is -2.37. The number of anilines is 1. The molecular weight excluding hydrogens is 350 g/mol. The van der Waals surface area contributed by atoms with Crippen molar-refractivity contribution in [3.8, 4) is 5.75 Å². The van der Waals surface area contributed by atoms with E-state index in [0.29, 0.717) is 6.61 Å². The van der Waals surface area contributed by atoms with E-state index >= 15 is 0 Å². The number of aromatic nitrogens is 1. The molecule has 0 bridgehead atoms. The lowest BCUT2D eigenvalue weighted by molar-refractivity contribution is -0.180. The van der Waals surface area contributed by atoms with Gasteiger partial charge < -0.3 is 19.3 Å². The van der Waals surface area contributed by atoms with Crippen LogP contribution in [0.1, 0.15) is 36.2 Å². The zero-order valence-corrected chi connectivity index (χ0v) is 17.2. The molecule has 5 heteroatoms. The van der Waals surface area contributed by atoms with E-state index in [9.17, 15) is 0 Å². The Bertz CT molecular complexity index is 866. The lowest BCUT2D eigenvalue weighted by Crippen LogP contribution is -2.44. The van der Waals surface area contributed by atoms with Crippen molar-refractivity contribution in [3.63, 3.8) is 0 Å². The van der Waals surface area contributed by atoms with Gasteiger partial charge in [0.15, 0.2) is 0 Å². The van der Waals surface area contributed by atoms with E-state index in [1.54, 1.807) is 0 Å². The van der Waals surface area contributed by atoms with Crippen molar-refractivity contribution in [2.45, 2.75) is 33.2 Å². The summed E-state index contributed by atoms with van der Waals surface area (Å²) >= 11 is 0. The third-order valence-corrected chi connectivity index (χ3v) is 5.48. The molecule has 0 spiro atoms. The van der Waals surface area contributed by atoms with Crippen molar-refractivity contribution in [3.05, 3.63) is 52.8 Å². The van der Waals surface area contributed by atoms with Crippen LogP contribution >= 0.6 is 0 Å². The van der Waals surface area contributed by atoms with Gasteiger partial charge in [-0.05, 0) is 31.7 Å². The fourth-order valence-electron chi connectivity index (χ4n) is 3.65. The maximum absolute atomic E-state index is 6.01. The predicted octanol–water partition coefficient (Wildman–Crippen LogP) is 3.96. The summed E-state index contributed by atoms with van der Waals surface area (Å²) in [4.78, 5) is 9.33. The van der Waals surface area contributed by atoms with Crippen molar-refractivity contribution in [1.29, 1.82) is 0 Å². The van der Waals surface area contributed by atoms with Gasteiger partial charge in [0, 0.05) is 63.0 Å². The summed E-state index contributed by atoms with van der Waals surface area (Å²) in [5.41, 5.74) is 5.48. The second-order valence-corrected chi connectivity index (χ2v) is 8.11. The molecule has 5 nitrogen and oxygen atoms in total. The number of likely N-dealkylation sites (N-methyl/N-ethyl adjacent to an activating group) is 1. The van der Waals surface area contributed by atoms with Gasteiger partial charge in [-0.3, -0.25) is 4.98 Å². The molecule has 0 amide bonds. The molecule has 2 aromatic rings. The number of nitrogens with zero attached hydrogens (tertiary/aromatic N) is 3. The normalized spacial score (nSPS) is 19.5. The highest BCUT2D eigenvalue weighted by molar-refractivity contribution is 5.73. The lowest BCUT2D eigenvalue weighted by atomic mass is 10.0. The SMILES string of the molecule is Cc1ncc(/C=C/c2ccc(N3CCN(C)CC3)cc2)c2c1OC(C)(C)OC2. The van der Waals surface area contributed by atoms with Crippen LogP contribution in [0, 0.1) is 6.92 Å². The Kier molecular flexibility index (Phi) is 5.13. The van der Waals surface area contributed by atoms with E-state index < -0.39 is 5.79 Å². The zero-order chi connectivity index (χ0) is 19.7. The van der Waals surface area contributed by atoms with Crippen LogP contribution in [0.2, 0.25) is 0 Å². The number of pyridine rings is 1. The molecule has 0 atom stereocenters. The van der Waals surface area contributed by atoms with Gasteiger partial charge in [0.2, 0.25) is 5.79 Å². The zero-order valence-electron chi connectivity index (χ0n) is 17.2. The Morgan fingerprint density at radius 1 is 1.04 bits per heavy atom. The molecule has 0 aliphatic carbocycles. The fourth-order valence-corrected chi connectivity index (χ4v) is 3.65. The van der Waals surface area contributed by atoms with Gasteiger partial charge in [0.25, 0.3) is 0 Å². The highest BCUT2D eigenvalue weighted by Crippen LogP contribution is 2.35. The van der Waals surface area contributed by atoms with E-state index in [1.165, 1.54) is 11.3 Å². The number of hydrogen-bond donors (Lipinski definition) is 0. The van der Waals surface area contributed by atoms with Gasteiger partial charge in [-0.25, -0.2) is 0 Å². The van der Waals surface area contributed by atoms with Crippen molar-refractivity contribution in [2.24, 2.45) is 0 Å². The minimum atomic E-state index is -0.610. The molecule has 2 aliphatic heterocycles. The quantitative estimate of drug-likeness (QED) is 0.807. The van der Waals surface area contributed by atoms with Crippen LogP contribution in [0.15, 0.2) is 30.5 Å². The number of ether oxygens (including phenoxy) is 2. The molecular formula is C23H29N3O2. The number of aryl methyl sites for hydroxylation is 1. The van der Waals surface area contributed by atoms with Gasteiger partial charge in [-0.15, -0.1) is 0 Å². The summed E-state index contributed by atoms with van der Waals surface area (Å²) in [7, 11) is 2.18. The van der Waals surface area contributed by atoms with Crippen molar-refractivity contribution in [1.82, 2.24) is 9.88 Å². The van der Waals surface area contributed by atoms with Crippen LogP contribution in [0.4, 0.5) is 5.69 Å². The summed E-state index contributed by atoms with van der Waals surface area (Å²) in [6.45, 7) is 10.8. The number of fused-ring (bicyclic) bond motifs is 1. The monoisotopic (exact) mass is 379 g/mol. The number of hydrogen-bond acceptors (Lipinski definition) is 5. The maximum Gasteiger partial charge on any atom is 0.205 e. The third kappa shape index (κ3) is 4.05. The predicted molar refractivity (Wildman–Crippen MR) is 114 cm³/mol. The summed E-state index contributed by atoms with van der Waals surface area (Å²) in [6, 6.07) is 8.77. The number of piperazine rings is 1.